The highest BCUT2D eigenvalue weighted by atomic mass is 16.1. The molecule has 12 heavy (non-hydrogen) atoms. The van der Waals surface area contributed by atoms with Gasteiger partial charge >= 0.3 is 0 Å². The van der Waals surface area contributed by atoms with E-state index in [-0.39, 0.29) is 5.91 Å². The van der Waals surface area contributed by atoms with Gasteiger partial charge in [0.15, 0.2) is 0 Å². The summed E-state index contributed by atoms with van der Waals surface area (Å²) in [5, 5.41) is 6.11. The van der Waals surface area contributed by atoms with E-state index >= 15 is 0 Å². The van der Waals surface area contributed by atoms with Crippen molar-refractivity contribution in [1.82, 2.24) is 10.6 Å². The molecule has 0 aromatic rings. The van der Waals surface area contributed by atoms with Crippen molar-refractivity contribution < 1.29 is 4.79 Å². The van der Waals surface area contributed by atoms with E-state index in [0.29, 0.717) is 5.92 Å². The lowest BCUT2D eigenvalue weighted by Gasteiger charge is -2.08. The van der Waals surface area contributed by atoms with Gasteiger partial charge in [0.2, 0.25) is 5.91 Å². The second kappa shape index (κ2) is 3.05. The molecule has 0 aromatic heterocycles. The maximum atomic E-state index is 11.3. The summed E-state index contributed by atoms with van der Waals surface area (Å²) in [5.41, 5.74) is 0. The van der Waals surface area contributed by atoms with E-state index in [0.717, 1.165) is 37.8 Å². The Morgan fingerprint density at radius 2 is 1.92 bits per heavy atom. The molecule has 1 saturated heterocycles. The molecular formula is C9H16N2O. The Morgan fingerprint density at radius 1 is 1.33 bits per heavy atom. The van der Waals surface area contributed by atoms with Crippen molar-refractivity contribution >= 4 is 5.91 Å². The van der Waals surface area contributed by atoms with E-state index in [1.165, 1.54) is 0 Å². The monoisotopic (exact) mass is 168 g/mol. The molecule has 3 nitrogen and oxygen atoms in total. The van der Waals surface area contributed by atoms with E-state index < -0.39 is 0 Å². The normalized spacial score (nSPS) is 39.6. The first-order chi connectivity index (χ1) is 5.81. The van der Waals surface area contributed by atoms with Crippen LogP contribution in [-0.4, -0.2) is 26.0 Å². The Morgan fingerprint density at radius 3 is 2.42 bits per heavy atom. The summed E-state index contributed by atoms with van der Waals surface area (Å²) in [5.74, 6) is 2.08. The van der Waals surface area contributed by atoms with Gasteiger partial charge in [-0.3, -0.25) is 4.79 Å². The Kier molecular flexibility index (Phi) is 2.05. The minimum atomic E-state index is 0.240. The van der Waals surface area contributed by atoms with E-state index in [1.807, 2.05) is 0 Å². The van der Waals surface area contributed by atoms with Crippen molar-refractivity contribution in [3.63, 3.8) is 0 Å². The van der Waals surface area contributed by atoms with E-state index in [1.54, 1.807) is 7.05 Å². The first kappa shape index (κ1) is 8.05. The van der Waals surface area contributed by atoms with Crippen molar-refractivity contribution in [3.05, 3.63) is 0 Å². The molecule has 2 rings (SSSR count). The number of hydrogen-bond acceptors (Lipinski definition) is 2. The fourth-order valence-corrected chi connectivity index (χ4v) is 2.58. The van der Waals surface area contributed by atoms with Crippen LogP contribution in [0.4, 0.5) is 0 Å². The Balaban J connectivity index is 1.94. The summed E-state index contributed by atoms with van der Waals surface area (Å²) < 4.78 is 0. The van der Waals surface area contributed by atoms with Crippen LogP contribution in [0.3, 0.4) is 0 Å². The number of fused-ring (bicyclic) bond motifs is 1. The third-order valence-corrected chi connectivity index (χ3v) is 3.27. The van der Waals surface area contributed by atoms with Gasteiger partial charge in [0.25, 0.3) is 0 Å². The number of carbonyl (C=O) groups is 1. The minimum Gasteiger partial charge on any atom is -0.359 e. The highest BCUT2D eigenvalue weighted by molar-refractivity contribution is 5.78. The summed E-state index contributed by atoms with van der Waals surface area (Å²) in [6.07, 6.45) is 2.19. The number of carbonyl (C=O) groups excluding carboxylic acids is 1. The number of rotatable bonds is 1. The van der Waals surface area contributed by atoms with E-state index in [2.05, 4.69) is 10.6 Å². The SMILES string of the molecule is CNC(=O)C1CC2CNCC2C1. The van der Waals surface area contributed by atoms with E-state index in [9.17, 15) is 4.79 Å². The van der Waals surface area contributed by atoms with Crippen molar-refractivity contribution in [2.75, 3.05) is 20.1 Å². The van der Waals surface area contributed by atoms with Gasteiger partial charge in [-0.1, -0.05) is 0 Å². The molecule has 2 N–H and O–H groups in total. The minimum absolute atomic E-state index is 0.240. The van der Waals surface area contributed by atoms with Gasteiger partial charge in [0, 0.05) is 13.0 Å². The molecular weight excluding hydrogens is 152 g/mol. The van der Waals surface area contributed by atoms with Crippen molar-refractivity contribution in [1.29, 1.82) is 0 Å². The van der Waals surface area contributed by atoms with Gasteiger partial charge in [-0.15, -0.1) is 0 Å². The first-order valence-electron chi connectivity index (χ1n) is 4.73. The van der Waals surface area contributed by atoms with Gasteiger partial charge < -0.3 is 10.6 Å². The van der Waals surface area contributed by atoms with Crippen LogP contribution in [0.1, 0.15) is 12.8 Å². The Hall–Kier alpha value is -0.570. The van der Waals surface area contributed by atoms with Crippen LogP contribution in [-0.2, 0) is 4.79 Å². The topological polar surface area (TPSA) is 41.1 Å². The molecule has 68 valence electrons. The Bertz CT molecular complexity index is 181. The van der Waals surface area contributed by atoms with Gasteiger partial charge in [-0.25, -0.2) is 0 Å². The quantitative estimate of drug-likeness (QED) is 0.577. The molecule has 1 amide bonds. The van der Waals surface area contributed by atoms with Crippen molar-refractivity contribution in [2.45, 2.75) is 12.8 Å². The number of nitrogens with one attached hydrogen (secondary N) is 2. The Labute approximate surface area is 72.9 Å². The zero-order valence-electron chi connectivity index (χ0n) is 7.47. The second-order valence-corrected chi connectivity index (χ2v) is 3.96. The lowest BCUT2D eigenvalue weighted by molar-refractivity contribution is -0.124. The zero-order valence-corrected chi connectivity index (χ0v) is 7.47. The van der Waals surface area contributed by atoms with Crippen LogP contribution < -0.4 is 10.6 Å². The zero-order chi connectivity index (χ0) is 8.55. The van der Waals surface area contributed by atoms with Crippen LogP contribution in [0.15, 0.2) is 0 Å². The van der Waals surface area contributed by atoms with Gasteiger partial charge in [-0.05, 0) is 37.8 Å². The van der Waals surface area contributed by atoms with E-state index in [4.69, 9.17) is 0 Å². The summed E-state index contributed by atoms with van der Waals surface area (Å²) in [7, 11) is 1.73. The second-order valence-electron chi connectivity index (χ2n) is 3.96. The third-order valence-electron chi connectivity index (χ3n) is 3.27. The smallest absolute Gasteiger partial charge is 0.222 e. The highest BCUT2D eigenvalue weighted by Crippen LogP contribution is 2.38. The number of amides is 1. The molecule has 2 aliphatic rings. The summed E-state index contributed by atoms with van der Waals surface area (Å²) in [6.45, 7) is 2.25. The van der Waals surface area contributed by atoms with Gasteiger partial charge in [-0.2, -0.15) is 0 Å². The fraction of sp³-hybridized carbons (Fsp3) is 0.889. The van der Waals surface area contributed by atoms with Gasteiger partial charge in [0.05, 0.1) is 0 Å². The van der Waals surface area contributed by atoms with Crippen LogP contribution in [0.5, 0.6) is 0 Å². The van der Waals surface area contributed by atoms with Crippen LogP contribution in [0.25, 0.3) is 0 Å². The molecule has 1 saturated carbocycles. The first-order valence-corrected chi connectivity index (χ1v) is 4.73. The fourth-order valence-electron chi connectivity index (χ4n) is 2.58. The lowest BCUT2D eigenvalue weighted by atomic mass is 10.0. The van der Waals surface area contributed by atoms with Crippen molar-refractivity contribution in [2.24, 2.45) is 17.8 Å². The van der Waals surface area contributed by atoms with Crippen LogP contribution >= 0.6 is 0 Å². The summed E-state index contributed by atoms with van der Waals surface area (Å²) in [6, 6.07) is 0. The highest BCUT2D eigenvalue weighted by Gasteiger charge is 2.39. The predicted octanol–water partition coefficient (Wildman–Crippen LogP) is -0.0220. The largest absolute Gasteiger partial charge is 0.359 e. The average Bonchev–Trinajstić information content (AvgIpc) is 2.60. The molecule has 0 bridgehead atoms. The lowest BCUT2D eigenvalue weighted by Crippen LogP contribution is -2.27. The molecule has 2 atom stereocenters. The number of hydrogen-bond donors (Lipinski definition) is 2. The molecule has 1 aliphatic carbocycles. The molecule has 0 aromatic carbocycles. The third kappa shape index (κ3) is 1.22. The maximum Gasteiger partial charge on any atom is 0.222 e. The molecule has 2 fully saturated rings. The molecule has 1 aliphatic heterocycles. The average molecular weight is 168 g/mol. The standard InChI is InChI=1S/C9H16N2O/c1-10-9(12)6-2-7-4-11-5-8(7)3-6/h6-8,11H,2-5H2,1H3,(H,10,12). The van der Waals surface area contributed by atoms with Crippen LogP contribution in [0.2, 0.25) is 0 Å². The summed E-state index contributed by atoms with van der Waals surface area (Å²) in [4.78, 5) is 11.3. The molecule has 1 heterocycles. The molecule has 0 spiro atoms. The molecule has 0 radical (unpaired) electrons. The summed E-state index contributed by atoms with van der Waals surface area (Å²) >= 11 is 0. The maximum absolute atomic E-state index is 11.3. The molecule has 2 unspecified atom stereocenters. The molecule has 3 heteroatoms. The van der Waals surface area contributed by atoms with Crippen molar-refractivity contribution in [3.8, 4) is 0 Å². The van der Waals surface area contributed by atoms with Crippen LogP contribution in [0, 0.1) is 17.8 Å². The predicted molar refractivity (Wildman–Crippen MR) is 46.6 cm³/mol. The van der Waals surface area contributed by atoms with Gasteiger partial charge in [0.1, 0.15) is 0 Å².